The Bertz CT molecular complexity index is 589. The zero-order valence-electron chi connectivity index (χ0n) is 10.9. The summed E-state index contributed by atoms with van der Waals surface area (Å²) in [6.45, 7) is 4.61. The molecule has 2 aromatic carbocycles. The number of hydrogen-bond acceptors (Lipinski definition) is 0. The van der Waals surface area contributed by atoms with Gasteiger partial charge in [-0.15, -0.1) is 11.6 Å². The molecule has 18 heavy (non-hydrogen) atoms. The van der Waals surface area contributed by atoms with E-state index in [2.05, 4.69) is 55.6 Å². The summed E-state index contributed by atoms with van der Waals surface area (Å²) < 4.78 is 0. The summed E-state index contributed by atoms with van der Waals surface area (Å²) in [5.41, 5.74) is 3.14. The van der Waals surface area contributed by atoms with Crippen molar-refractivity contribution in [3.05, 3.63) is 47.5 Å². The first-order valence-corrected chi connectivity index (χ1v) is 7.07. The van der Waals surface area contributed by atoms with E-state index in [9.17, 15) is 0 Å². The second-order valence-electron chi connectivity index (χ2n) is 5.95. The lowest BCUT2D eigenvalue weighted by molar-refractivity contribution is -0.756. The Morgan fingerprint density at radius 3 is 2.78 bits per heavy atom. The summed E-state index contributed by atoms with van der Waals surface area (Å²) in [4.78, 5) is 0. The summed E-state index contributed by atoms with van der Waals surface area (Å²) in [5, 5.41) is 5.14. The monoisotopic (exact) mass is 260 g/mol. The Morgan fingerprint density at radius 2 is 2.00 bits per heavy atom. The molecule has 0 spiro atoms. The molecule has 0 saturated carbocycles. The minimum atomic E-state index is 0.233. The van der Waals surface area contributed by atoms with Crippen LogP contribution < -0.4 is 5.32 Å². The van der Waals surface area contributed by atoms with Gasteiger partial charge >= 0.3 is 0 Å². The van der Waals surface area contributed by atoms with E-state index in [1.165, 1.54) is 21.9 Å². The van der Waals surface area contributed by atoms with Crippen LogP contribution in [0.1, 0.15) is 31.0 Å². The van der Waals surface area contributed by atoms with Crippen LogP contribution in [0.4, 0.5) is 0 Å². The molecule has 1 heterocycles. The zero-order chi connectivity index (χ0) is 12.8. The maximum absolute atomic E-state index is 6.16. The maximum Gasteiger partial charge on any atom is 0.126 e. The molecule has 1 aliphatic heterocycles. The molecule has 1 atom stereocenters. The average molecular weight is 261 g/mol. The second kappa shape index (κ2) is 4.25. The van der Waals surface area contributed by atoms with Gasteiger partial charge < -0.3 is 5.32 Å². The standard InChI is InChI=1S/C16H18ClN/c1-16(2)9-14-12-6-4-3-5-11(12)7-8-13(14)15(10-17)18-16/h3-8,15,18H,9-10H2,1-2H3/p+1/t15-/m0/s1. The van der Waals surface area contributed by atoms with Crippen LogP contribution in [0, 0.1) is 0 Å². The third kappa shape index (κ3) is 1.92. The van der Waals surface area contributed by atoms with Crippen LogP contribution in [0.25, 0.3) is 10.8 Å². The van der Waals surface area contributed by atoms with E-state index >= 15 is 0 Å². The highest BCUT2D eigenvalue weighted by Crippen LogP contribution is 2.31. The molecule has 0 radical (unpaired) electrons. The van der Waals surface area contributed by atoms with Crippen molar-refractivity contribution in [2.45, 2.75) is 31.8 Å². The number of benzene rings is 2. The Labute approximate surface area is 113 Å². The van der Waals surface area contributed by atoms with Crippen molar-refractivity contribution >= 4 is 22.4 Å². The number of halogens is 1. The van der Waals surface area contributed by atoms with E-state index in [-0.39, 0.29) is 5.54 Å². The molecule has 2 heteroatoms. The molecule has 0 unspecified atom stereocenters. The van der Waals surface area contributed by atoms with Crippen LogP contribution >= 0.6 is 11.6 Å². The van der Waals surface area contributed by atoms with Gasteiger partial charge in [0, 0.05) is 12.0 Å². The SMILES string of the molecule is CC1(C)Cc2c(ccc3ccccc23)[C@H](CCl)[NH2+]1. The van der Waals surface area contributed by atoms with Crippen LogP contribution in [0.15, 0.2) is 36.4 Å². The van der Waals surface area contributed by atoms with Gasteiger partial charge in [-0.3, -0.25) is 0 Å². The van der Waals surface area contributed by atoms with Gasteiger partial charge in [0.2, 0.25) is 0 Å². The average Bonchev–Trinajstić information content (AvgIpc) is 2.36. The minimum absolute atomic E-state index is 0.233. The molecule has 0 aliphatic carbocycles. The molecule has 1 nitrogen and oxygen atoms in total. The van der Waals surface area contributed by atoms with E-state index in [1.54, 1.807) is 0 Å². The van der Waals surface area contributed by atoms with Gasteiger partial charge in [0.25, 0.3) is 0 Å². The maximum atomic E-state index is 6.16. The van der Waals surface area contributed by atoms with E-state index in [1.807, 2.05) is 0 Å². The number of quaternary nitrogens is 1. The predicted molar refractivity (Wildman–Crippen MR) is 77.1 cm³/mol. The van der Waals surface area contributed by atoms with Gasteiger partial charge in [0.1, 0.15) is 6.04 Å². The fraction of sp³-hybridized carbons (Fsp3) is 0.375. The van der Waals surface area contributed by atoms with Crippen molar-refractivity contribution in [1.82, 2.24) is 0 Å². The van der Waals surface area contributed by atoms with Gasteiger partial charge in [0.15, 0.2) is 0 Å². The Morgan fingerprint density at radius 1 is 1.22 bits per heavy atom. The second-order valence-corrected chi connectivity index (χ2v) is 6.26. The smallest absolute Gasteiger partial charge is 0.126 e. The van der Waals surface area contributed by atoms with Crippen molar-refractivity contribution in [2.24, 2.45) is 0 Å². The topological polar surface area (TPSA) is 16.6 Å². The molecule has 0 amide bonds. The van der Waals surface area contributed by atoms with Crippen LogP contribution in [0.2, 0.25) is 0 Å². The quantitative estimate of drug-likeness (QED) is 0.759. The first-order valence-electron chi connectivity index (χ1n) is 6.53. The van der Waals surface area contributed by atoms with E-state index in [0.29, 0.717) is 11.9 Å². The van der Waals surface area contributed by atoms with Gasteiger partial charge in [0.05, 0.1) is 11.4 Å². The van der Waals surface area contributed by atoms with Crippen molar-refractivity contribution < 1.29 is 5.32 Å². The summed E-state index contributed by atoms with van der Waals surface area (Å²) in [7, 11) is 0. The normalized spacial score (nSPS) is 21.8. The molecule has 0 aromatic heterocycles. The first kappa shape index (κ1) is 12.0. The number of fused-ring (bicyclic) bond motifs is 3. The summed E-state index contributed by atoms with van der Waals surface area (Å²) in [5.74, 6) is 0.675. The Kier molecular flexibility index (Phi) is 2.84. The largest absolute Gasteiger partial charge is 0.334 e. The lowest BCUT2D eigenvalue weighted by atomic mass is 9.81. The van der Waals surface area contributed by atoms with Crippen LogP contribution in [0.3, 0.4) is 0 Å². The summed E-state index contributed by atoms with van der Waals surface area (Å²) in [6.07, 6.45) is 1.11. The van der Waals surface area contributed by atoms with Crippen LogP contribution in [0.5, 0.6) is 0 Å². The van der Waals surface area contributed by atoms with E-state index < -0.39 is 0 Å². The molecule has 1 aliphatic rings. The summed E-state index contributed by atoms with van der Waals surface area (Å²) >= 11 is 6.16. The van der Waals surface area contributed by atoms with E-state index in [4.69, 9.17) is 11.6 Å². The van der Waals surface area contributed by atoms with E-state index in [0.717, 1.165) is 6.42 Å². The predicted octanol–water partition coefficient (Wildman–Crippen LogP) is 3.02. The molecular formula is C16H19ClN+. The van der Waals surface area contributed by atoms with Gasteiger partial charge in [-0.05, 0) is 30.2 Å². The molecule has 94 valence electrons. The van der Waals surface area contributed by atoms with Crippen molar-refractivity contribution in [3.8, 4) is 0 Å². The van der Waals surface area contributed by atoms with Crippen LogP contribution in [-0.2, 0) is 6.42 Å². The lowest BCUT2D eigenvalue weighted by Gasteiger charge is -2.35. The number of hydrogen-bond donors (Lipinski definition) is 1. The zero-order valence-corrected chi connectivity index (χ0v) is 11.7. The lowest BCUT2D eigenvalue weighted by Crippen LogP contribution is -2.98. The molecular weight excluding hydrogens is 242 g/mol. The highest BCUT2D eigenvalue weighted by molar-refractivity contribution is 6.18. The fourth-order valence-electron chi connectivity index (χ4n) is 3.17. The van der Waals surface area contributed by atoms with Gasteiger partial charge in [-0.2, -0.15) is 0 Å². The molecule has 3 rings (SSSR count). The fourth-order valence-corrected chi connectivity index (χ4v) is 3.43. The van der Waals surface area contributed by atoms with Crippen LogP contribution in [-0.4, -0.2) is 11.4 Å². The first-order chi connectivity index (χ1) is 8.61. The molecule has 0 fully saturated rings. The highest BCUT2D eigenvalue weighted by atomic mass is 35.5. The number of nitrogens with two attached hydrogens (primary N) is 1. The number of rotatable bonds is 1. The van der Waals surface area contributed by atoms with Gasteiger partial charge in [-0.1, -0.05) is 36.4 Å². The van der Waals surface area contributed by atoms with Crippen molar-refractivity contribution in [3.63, 3.8) is 0 Å². The molecule has 0 bridgehead atoms. The van der Waals surface area contributed by atoms with Crippen molar-refractivity contribution in [2.75, 3.05) is 5.88 Å². The van der Waals surface area contributed by atoms with Gasteiger partial charge in [-0.25, -0.2) is 0 Å². The Hall–Kier alpha value is -1.05. The third-order valence-electron chi connectivity index (χ3n) is 3.93. The minimum Gasteiger partial charge on any atom is -0.334 e. The number of alkyl halides is 1. The third-order valence-corrected chi connectivity index (χ3v) is 4.26. The Balaban J connectivity index is 2.25. The molecule has 0 saturated heterocycles. The summed E-state index contributed by atoms with van der Waals surface area (Å²) in [6, 6.07) is 13.5. The highest BCUT2D eigenvalue weighted by Gasteiger charge is 2.35. The van der Waals surface area contributed by atoms with Crippen molar-refractivity contribution in [1.29, 1.82) is 0 Å². The molecule has 2 N–H and O–H groups in total. The molecule has 2 aromatic rings.